The van der Waals surface area contributed by atoms with Gasteiger partial charge in [-0.05, 0) is 38.2 Å². The van der Waals surface area contributed by atoms with Crippen LogP contribution in [0.3, 0.4) is 0 Å². The summed E-state index contributed by atoms with van der Waals surface area (Å²) in [7, 11) is 0. The summed E-state index contributed by atoms with van der Waals surface area (Å²) < 4.78 is 6.34. The molecule has 0 radical (unpaired) electrons. The minimum Gasteiger partial charge on any atom is -0.376 e. The van der Waals surface area contributed by atoms with E-state index in [0.29, 0.717) is 12.1 Å². The molecule has 1 spiro atoms. The van der Waals surface area contributed by atoms with Crippen molar-refractivity contribution in [2.75, 3.05) is 0 Å². The number of hydrogen-bond donors (Lipinski definition) is 2. The number of ether oxygens (including phenoxy) is 1. The van der Waals surface area contributed by atoms with Crippen molar-refractivity contribution in [2.45, 2.75) is 56.8 Å². The van der Waals surface area contributed by atoms with Crippen LogP contribution in [0, 0.1) is 0 Å². The van der Waals surface area contributed by atoms with Crippen LogP contribution in [0.2, 0.25) is 0 Å². The van der Waals surface area contributed by atoms with Crippen LogP contribution >= 0.6 is 0 Å². The van der Waals surface area contributed by atoms with Gasteiger partial charge in [0.15, 0.2) is 0 Å². The molecular formula is C20H23N3O. The summed E-state index contributed by atoms with van der Waals surface area (Å²) in [5.74, 6) is 0.935. The molecule has 0 bridgehead atoms. The molecule has 1 saturated heterocycles. The first-order valence-electron chi connectivity index (χ1n) is 9.01. The first kappa shape index (κ1) is 14.3. The second-order valence-corrected chi connectivity index (χ2v) is 7.47. The van der Waals surface area contributed by atoms with Crippen LogP contribution in [-0.2, 0) is 4.74 Å². The minimum atomic E-state index is 0.0582. The number of hydrogen-bond acceptors (Lipinski definition) is 4. The summed E-state index contributed by atoms with van der Waals surface area (Å²) in [6, 6.07) is 10.8. The number of fused-ring (bicyclic) bond motifs is 2. The predicted molar refractivity (Wildman–Crippen MR) is 94.5 cm³/mol. The molecule has 0 aromatic heterocycles. The van der Waals surface area contributed by atoms with E-state index in [4.69, 9.17) is 9.73 Å². The van der Waals surface area contributed by atoms with Gasteiger partial charge in [-0.3, -0.25) is 0 Å². The molecule has 2 N–H and O–H groups in total. The van der Waals surface area contributed by atoms with Crippen LogP contribution in [0.1, 0.15) is 44.6 Å². The Kier molecular flexibility index (Phi) is 3.10. The highest BCUT2D eigenvalue weighted by molar-refractivity contribution is 6.01. The van der Waals surface area contributed by atoms with Gasteiger partial charge in [0, 0.05) is 18.2 Å². The van der Waals surface area contributed by atoms with Gasteiger partial charge in [0.1, 0.15) is 5.84 Å². The number of amidine groups is 1. The number of benzene rings is 1. The van der Waals surface area contributed by atoms with Gasteiger partial charge in [0.25, 0.3) is 0 Å². The average Bonchev–Trinajstić information content (AvgIpc) is 3.16. The van der Waals surface area contributed by atoms with Crippen molar-refractivity contribution in [3.63, 3.8) is 0 Å². The molecule has 3 atom stereocenters. The quantitative estimate of drug-likeness (QED) is 0.835. The Morgan fingerprint density at radius 1 is 1.17 bits per heavy atom. The highest BCUT2D eigenvalue weighted by Crippen LogP contribution is 2.47. The van der Waals surface area contributed by atoms with Gasteiger partial charge in [-0.15, -0.1) is 0 Å². The number of rotatable bonds is 1. The normalized spacial score (nSPS) is 34.2. The second-order valence-electron chi connectivity index (χ2n) is 7.47. The fraction of sp³-hybridized carbons (Fsp3) is 0.450. The first-order chi connectivity index (χ1) is 11.7. The Morgan fingerprint density at radius 2 is 2.00 bits per heavy atom. The molecule has 0 amide bonds. The Hall–Kier alpha value is -2.07. The van der Waals surface area contributed by atoms with Crippen molar-refractivity contribution in [3.8, 4) is 0 Å². The highest BCUT2D eigenvalue weighted by Gasteiger charge is 2.46. The Morgan fingerprint density at radius 3 is 2.79 bits per heavy atom. The smallest absolute Gasteiger partial charge is 0.138 e. The predicted octanol–water partition coefficient (Wildman–Crippen LogP) is 3.23. The van der Waals surface area contributed by atoms with Gasteiger partial charge in [-0.1, -0.05) is 30.3 Å². The van der Waals surface area contributed by atoms with Crippen LogP contribution in [0.15, 0.2) is 58.5 Å². The molecule has 24 heavy (non-hydrogen) atoms. The Bertz CT molecular complexity index is 764. The molecule has 1 aliphatic carbocycles. The van der Waals surface area contributed by atoms with Crippen LogP contribution in [0.25, 0.3) is 0 Å². The van der Waals surface area contributed by atoms with E-state index in [9.17, 15) is 0 Å². The zero-order valence-electron chi connectivity index (χ0n) is 14.0. The Balaban J connectivity index is 1.52. The summed E-state index contributed by atoms with van der Waals surface area (Å²) in [4.78, 5) is 4.97. The summed E-state index contributed by atoms with van der Waals surface area (Å²) in [5.41, 5.74) is 4.90. The molecule has 1 aromatic rings. The van der Waals surface area contributed by atoms with Crippen LogP contribution in [-0.4, -0.2) is 23.6 Å². The van der Waals surface area contributed by atoms with Gasteiger partial charge in [0.05, 0.1) is 29.1 Å². The zero-order valence-corrected chi connectivity index (χ0v) is 14.0. The van der Waals surface area contributed by atoms with Gasteiger partial charge in [0.2, 0.25) is 0 Å². The maximum absolute atomic E-state index is 6.34. The average molecular weight is 321 g/mol. The maximum atomic E-state index is 6.34. The van der Waals surface area contributed by atoms with E-state index in [2.05, 4.69) is 48.0 Å². The van der Waals surface area contributed by atoms with E-state index in [1.54, 1.807) is 0 Å². The highest BCUT2D eigenvalue weighted by atomic mass is 16.5. The topological polar surface area (TPSA) is 45.7 Å². The molecule has 3 heterocycles. The molecule has 2 fully saturated rings. The van der Waals surface area contributed by atoms with E-state index in [1.807, 2.05) is 6.07 Å². The van der Waals surface area contributed by atoms with E-state index in [-0.39, 0.29) is 5.60 Å². The molecule has 3 unspecified atom stereocenters. The SMILES string of the molecule is CC1CCC2(CCC3NC4=CNC(c5ccccc5)=NC4=C3C2)O1. The van der Waals surface area contributed by atoms with Gasteiger partial charge >= 0.3 is 0 Å². The van der Waals surface area contributed by atoms with Gasteiger partial charge < -0.3 is 15.4 Å². The van der Waals surface area contributed by atoms with Crippen molar-refractivity contribution in [1.29, 1.82) is 0 Å². The monoisotopic (exact) mass is 321 g/mol. The molecule has 5 rings (SSSR count). The summed E-state index contributed by atoms with van der Waals surface area (Å²) >= 11 is 0. The van der Waals surface area contributed by atoms with Crippen molar-refractivity contribution >= 4 is 5.84 Å². The molecule has 1 aromatic carbocycles. The van der Waals surface area contributed by atoms with Crippen molar-refractivity contribution in [2.24, 2.45) is 4.99 Å². The summed E-state index contributed by atoms with van der Waals surface area (Å²) in [6.45, 7) is 2.20. The van der Waals surface area contributed by atoms with Crippen LogP contribution in [0.4, 0.5) is 0 Å². The second kappa shape index (κ2) is 5.21. The number of nitrogens with zero attached hydrogens (tertiary/aromatic N) is 1. The van der Waals surface area contributed by atoms with E-state index >= 15 is 0 Å². The number of nitrogens with one attached hydrogen (secondary N) is 2. The molecular weight excluding hydrogens is 298 g/mol. The molecule has 4 heteroatoms. The van der Waals surface area contributed by atoms with Crippen LogP contribution in [0.5, 0.6) is 0 Å². The molecule has 124 valence electrons. The lowest BCUT2D eigenvalue weighted by Gasteiger charge is -2.37. The summed E-state index contributed by atoms with van der Waals surface area (Å²) in [5, 5.41) is 6.99. The zero-order chi connectivity index (χ0) is 16.1. The molecule has 4 nitrogen and oxygen atoms in total. The maximum Gasteiger partial charge on any atom is 0.138 e. The lowest BCUT2D eigenvalue weighted by Crippen LogP contribution is -2.40. The lowest BCUT2D eigenvalue weighted by atomic mass is 9.77. The third-order valence-electron chi connectivity index (χ3n) is 5.79. The van der Waals surface area contributed by atoms with Crippen molar-refractivity contribution in [1.82, 2.24) is 10.6 Å². The fourth-order valence-corrected chi connectivity index (χ4v) is 4.57. The number of aliphatic imine (C=N–C) groups is 1. The lowest BCUT2D eigenvalue weighted by molar-refractivity contribution is -0.0488. The first-order valence-corrected chi connectivity index (χ1v) is 9.01. The fourth-order valence-electron chi connectivity index (χ4n) is 4.57. The summed E-state index contributed by atoms with van der Waals surface area (Å²) in [6.07, 6.45) is 8.15. The van der Waals surface area contributed by atoms with Gasteiger partial charge in [-0.25, -0.2) is 4.99 Å². The van der Waals surface area contributed by atoms with Crippen molar-refractivity contribution < 1.29 is 4.74 Å². The van der Waals surface area contributed by atoms with E-state index in [1.165, 1.54) is 18.4 Å². The van der Waals surface area contributed by atoms with Gasteiger partial charge in [-0.2, -0.15) is 0 Å². The Labute approximate surface area is 142 Å². The largest absolute Gasteiger partial charge is 0.376 e. The van der Waals surface area contributed by atoms with E-state index < -0.39 is 0 Å². The third-order valence-corrected chi connectivity index (χ3v) is 5.79. The van der Waals surface area contributed by atoms with E-state index in [0.717, 1.165) is 42.1 Å². The van der Waals surface area contributed by atoms with Crippen molar-refractivity contribution in [3.05, 3.63) is 59.1 Å². The molecule has 1 saturated carbocycles. The third kappa shape index (κ3) is 2.20. The van der Waals surface area contributed by atoms with Crippen LogP contribution < -0.4 is 10.6 Å². The minimum absolute atomic E-state index is 0.0582. The standard InChI is InChI=1S/C20H23N3O/c1-13-7-9-20(24-13)10-8-16-15(11-20)18-17(22-16)12-21-19(23-18)14-5-3-2-4-6-14/h2-6,12-13,16,22H,7-11H2,1H3,(H,21,23). The molecule has 3 aliphatic heterocycles. The molecule has 4 aliphatic rings.